The molecule has 4 heteroatoms. The van der Waals surface area contributed by atoms with Crippen molar-refractivity contribution in [1.29, 1.82) is 0 Å². The summed E-state index contributed by atoms with van der Waals surface area (Å²) in [7, 11) is 0. The highest BCUT2D eigenvalue weighted by atomic mass is 16.3. The van der Waals surface area contributed by atoms with Gasteiger partial charge in [0.1, 0.15) is 12.5 Å². The van der Waals surface area contributed by atoms with Gasteiger partial charge >= 0.3 is 0 Å². The molecule has 0 aliphatic rings. The Morgan fingerprint density at radius 2 is 0.844 bits per heavy atom. The van der Waals surface area contributed by atoms with Gasteiger partial charge in [-0.2, -0.15) is 0 Å². The van der Waals surface area contributed by atoms with Crippen LogP contribution in [0.1, 0.15) is 44.4 Å². The molecule has 2 aromatic heterocycles. The third-order valence-electron chi connectivity index (χ3n) is 7.83. The predicted molar refractivity (Wildman–Crippen MR) is 192 cm³/mol. The molecular weight excluding hydrogens is 552 g/mol. The standard InChI is InChI=1S/C37H30N2O2.2C2H6/c1-25-14-15-32-33(20-25)37(39(31-17-19-41-24-31)29-12-8-5-9-13-29)35-22-27(3)26(2)21-34(35)36(32)38(30-16-18-40-23-30)28-10-6-4-7-11-28;2*1-2/h4-24H,1-3H3;2*1-2H3. The molecule has 0 bridgehead atoms. The highest BCUT2D eigenvalue weighted by molar-refractivity contribution is 6.23. The van der Waals surface area contributed by atoms with Crippen LogP contribution in [0.5, 0.6) is 0 Å². The summed E-state index contributed by atoms with van der Waals surface area (Å²) in [5.74, 6) is 0. The summed E-state index contributed by atoms with van der Waals surface area (Å²) < 4.78 is 11.3. The maximum Gasteiger partial charge on any atom is 0.114 e. The van der Waals surface area contributed by atoms with Crippen molar-refractivity contribution in [1.82, 2.24) is 0 Å². The van der Waals surface area contributed by atoms with E-state index in [1.54, 1.807) is 12.5 Å². The monoisotopic (exact) mass is 594 g/mol. The molecule has 7 aromatic rings. The van der Waals surface area contributed by atoms with Gasteiger partial charge in [-0.25, -0.2) is 0 Å². The molecule has 45 heavy (non-hydrogen) atoms. The number of anilines is 6. The molecule has 7 rings (SSSR count). The average Bonchev–Trinajstić information content (AvgIpc) is 3.82. The van der Waals surface area contributed by atoms with Gasteiger partial charge in [-0.1, -0.05) is 81.8 Å². The summed E-state index contributed by atoms with van der Waals surface area (Å²) in [4.78, 5) is 4.63. The van der Waals surface area contributed by atoms with E-state index < -0.39 is 0 Å². The van der Waals surface area contributed by atoms with E-state index in [1.807, 2.05) is 52.4 Å². The fourth-order valence-corrected chi connectivity index (χ4v) is 5.78. The van der Waals surface area contributed by atoms with Crippen LogP contribution in [-0.2, 0) is 0 Å². The van der Waals surface area contributed by atoms with E-state index in [0.717, 1.165) is 55.7 Å². The normalized spacial score (nSPS) is 10.6. The molecule has 228 valence electrons. The Balaban J connectivity index is 0.000000963. The van der Waals surface area contributed by atoms with Crippen molar-refractivity contribution in [2.24, 2.45) is 0 Å². The summed E-state index contributed by atoms with van der Waals surface area (Å²) in [6.45, 7) is 14.5. The van der Waals surface area contributed by atoms with E-state index in [0.29, 0.717) is 0 Å². The molecule has 5 aromatic carbocycles. The summed E-state index contributed by atoms with van der Waals surface area (Å²) in [6, 6.07) is 36.5. The number of fused-ring (bicyclic) bond motifs is 2. The number of hydrogen-bond acceptors (Lipinski definition) is 4. The fourth-order valence-electron chi connectivity index (χ4n) is 5.78. The van der Waals surface area contributed by atoms with Gasteiger partial charge in [-0.3, -0.25) is 0 Å². The highest BCUT2D eigenvalue weighted by Crippen LogP contribution is 2.51. The molecule has 0 aliphatic heterocycles. The number of furan rings is 2. The Kier molecular flexibility index (Phi) is 9.74. The Morgan fingerprint density at radius 1 is 0.422 bits per heavy atom. The van der Waals surface area contributed by atoms with Crippen molar-refractivity contribution in [3.8, 4) is 0 Å². The topological polar surface area (TPSA) is 32.8 Å². The lowest BCUT2D eigenvalue weighted by Gasteiger charge is -2.32. The van der Waals surface area contributed by atoms with E-state index in [9.17, 15) is 0 Å². The minimum Gasteiger partial charge on any atom is -0.470 e. The number of rotatable bonds is 6. The highest BCUT2D eigenvalue weighted by Gasteiger charge is 2.26. The van der Waals surface area contributed by atoms with Crippen LogP contribution in [0.2, 0.25) is 0 Å². The molecule has 0 spiro atoms. The van der Waals surface area contributed by atoms with Gasteiger partial charge in [0.15, 0.2) is 0 Å². The maximum absolute atomic E-state index is 5.64. The lowest BCUT2D eigenvalue weighted by Crippen LogP contribution is -2.14. The number of benzene rings is 5. The Hall–Kier alpha value is -5.22. The van der Waals surface area contributed by atoms with Crippen LogP contribution in [0.4, 0.5) is 34.1 Å². The van der Waals surface area contributed by atoms with Crippen LogP contribution in [0.15, 0.2) is 137 Å². The first-order valence-corrected chi connectivity index (χ1v) is 15.8. The number of hydrogen-bond donors (Lipinski definition) is 0. The van der Waals surface area contributed by atoms with Gasteiger partial charge in [-0.15, -0.1) is 0 Å². The van der Waals surface area contributed by atoms with Gasteiger partial charge in [0.05, 0.1) is 35.3 Å². The third-order valence-corrected chi connectivity index (χ3v) is 7.83. The van der Waals surface area contributed by atoms with E-state index >= 15 is 0 Å². The minimum absolute atomic E-state index is 0.972. The van der Waals surface area contributed by atoms with Crippen LogP contribution in [0.3, 0.4) is 0 Å². The SMILES string of the molecule is CC.CC.Cc1ccc2c(N(c3ccccc3)c3ccoc3)c3cc(C)c(C)cc3c(N(c3ccccc3)c3ccoc3)c2c1. The van der Waals surface area contributed by atoms with E-state index in [4.69, 9.17) is 8.83 Å². The second-order valence-corrected chi connectivity index (χ2v) is 10.5. The van der Waals surface area contributed by atoms with E-state index in [1.165, 1.54) is 16.7 Å². The molecule has 0 amide bonds. The van der Waals surface area contributed by atoms with Crippen LogP contribution in [0, 0.1) is 20.8 Å². The summed E-state index contributed by atoms with van der Waals surface area (Å²) in [5, 5.41) is 4.63. The Bertz CT molecular complexity index is 1960. The first kappa shape index (κ1) is 31.2. The summed E-state index contributed by atoms with van der Waals surface area (Å²) >= 11 is 0. The van der Waals surface area contributed by atoms with E-state index in [-0.39, 0.29) is 0 Å². The minimum atomic E-state index is 0.972. The lowest BCUT2D eigenvalue weighted by atomic mass is 9.92. The van der Waals surface area contributed by atoms with Crippen molar-refractivity contribution in [2.75, 3.05) is 9.80 Å². The Labute approximate surface area is 267 Å². The molecule has 0 N–H and O–H groups in total. The van der Waals surface area contributed by atoms with Crippen molar-refractivity contribution < 1.29 is 8.83 Å². The summed E-state index contributed by atoms with van der Waals surface area (Å²) in [6.07, 6.45) is 7.10. The van der Waals surface area contributed by atoms with Gasteiger partial charge < -0.3 is 18.6 Å². The second-order valence-electron chi connectivity index (χ2n) is 10.5. The molecule has 0 radical (unpaired) electrons. The van der Waals surface area contributed by atoms with Crippen molar-refractivity contribution in [3.63, 3.8) is 0 Å². The molecule has 0 atom stereocenters. The van der Waals surface area contributed by atoms with Gasteiger partial charge in [0.25, 0.3) is 0 Å². The zero-order chi connectivity index (χ0) is 31.9. The second kappa shape index (κ2) is 14.0. The molecule has 2 heterocycles. The third kappa shape index (κ3) is 5.97. The molecule has 0 saturated heterocycles. The van der Waals surface area contributed by atoms with E-state index in [2.05, 4.69) is 122 Å². The summed E-state index contributed by atoms with van der Waals surface area (Å²) in [5.41, 5.74) is 10.0. The fraction of sp³-hybridized carbons (Fsp3) is 0.171. The Morgan fingerprint density at radius 3 is 1.27 bits per heavy atom. The molecule has 4 nitrogen and oxygen atoms in total. The number of aryl methyl sites for hydroxylation is 3. The smallest absolute Gasteiger partial charge is 0.114 e. The van der Waals surface area contributed by atoms with Crippen molar-refractivity contribution in [3.05, 3.63) is 145 Å². The maximum atomic E-state index is 5.64. The molecule has 0 saturated carbocycles. The van der Waals surface area contributed by atoms with Gasteiger partial charge in [-0.05, 0) is 74.4 Å². The number of para-hydroxylation sites is 2. The lowest BCUT2D eigenvalue weighted by molar-refractivity contribution is 0.567. The van der Waals surface area contributed by atoms with Crippen molar-refractivity contribution >= 4 is 55.7 Å². The quantitative estimate of drug-likeness (QED) is 0.142. The molecule has 0 fully saturated rings. The molecule has 0 aliphatic carbocycles. The van der Waals surface area contributed by atoms with Gasteiger partial charge in [0, 0.05) is 45.1 Å². The number of nitrogens with zero attached hydrogens (tertiary/aromatic N) is 2. The van der Waals surface area contributed by atoms with Crippen molar-refractivity contribution in [2.45, 2.75) is 48.5 Å². The molecule has 0 unspecified atom stereocenters. The van der Waals surface area contributed by atoms with Crippen LogP contribution in [-0.4, -0.2) is 0 Å². The van der Waals surface area contributed by atoms with Gasteiger partial charge in [0.2, 0.25) is 0 Å². The molecular formula is C41H42N2O2. The van der Waals surface area contributed by atoms with Crippen LogP contribution < -0.4 is 9.80 Å². The van der Waals surface area contributed by atoms with Crippen LogP contribution in [0.25, 0.3) is 21.5 Å². The zero-order valence-electron chi connectivity index (χ0n) is 27.3. The average molecular weight is 595 g/mol. The largest absolute Gasteiger partial charge is 0.470 e. The predicted octanol–water partition coefficient (Wildman–Crippen LogP) is 13.1. The van der Waals surface area contributed by atoms with Crippen LogP contribution >= 0.6 is 0 Å². The first-order chi connectivity index (χ1) is 22.1. The zero-order valence-corrected chi connectivity index (χ0v) is 27.3. The first-order valence-electron chi connectivity index (χ1n) is 15.8.